The van der Waals surface area contributed by atoms with Gasteiger partial charge in [0.1, 0.15) is 10.7 Å². The molecule has 114 valence electrons. The van der Waals surface area contributed by atoms with Crippen LogP contribution in [-0.4, -0.2) is 21.4 Å². The molecule has 0 atom stereocenters. The van der Waals surface area contributed by atoms with E-state index in [-0.39, 0.29) is 17.9 Å². The Hall–Kier alpha value is -1.73. The number of carbonyl (C=O) groups excluding carboxylic acids is 1. The number of thiophene rings is 1. The van der Waals surface area contributed by atoms with Crippen LogP contribution < -0.4 is 16.6 Å². The summed E-state index contributed by atoms with van der Waals surface area (Å²) in [5.41, 5.74) is 5.64. The van der Waals surface area contributed by atoms with E-state index >= 15 is 0 Å². The number of H-pyrrole nitrogens is 1. The first kappa shape index (κ1) is 15.7. The fourth-order valence-electron chi connectivity index (χ4n) is 2.20. The van der Waals surface area contributed by atoms with Crippen LogP contribution >= 0.6 is 11.3 Å². The van der Waals surface area contributed by atoms with E-state index in [2.05, 4.69) is 15.3 Å². The molecule has 2 aromatic rings. The van der Waals surface area contributed by atoms with E-state index in [1.54, 1.807) is 0 Å². The van der Waals surface area contributed by atoms with E-state index < -0.39 is 5.54 Å². The molecule has 0 saturated heterocycles. The molecule has 0 aliphatic carbocycles. The van der Waals surface area contributed by atoms with Crippen LogP contribution in [0.3, 0.4) is 0 Å². The summed E-state index contributed by atoms with van der Waals surface area (Å²) in [7, 11) is 0. The third-order valence-corrected chi connectivity index (χ3v) is 4.54. The Morgan fingerprint density at radius 3 is 2.71 bits per heavy atom. The maximum absolute atomic E-state index is 12.1. The Morgan fingerprint density at radius 1 is 1.43 bits per heavy atom. The number of aromatic amines is 1. The van der Waals surface area contributed by atoms with E-state index in [0.29, 0.717) is 17.8 Å². The number of rotatable bonds is 5. The topological polar surface area (TPSA) is 101 Å². The summed E-state index contributed by atoms with van der Waals surface area (Å²) in [6.45, 7) is 8.05. The molecule has 0 spiro atoms. The number of carbonyl (C=O) groups is 1. The minimum Gasteiger partial charge on any atom is -0.370 e. The lowest BCUT2D eigenvalue weighted by atomic mass is 10.0. The molecular weight excluding hydrogens is 288 g/mol. The van der Waals surface area contributed by atoms with Gasteiger partial charge in [-0.3, -0.25) is 9.59 Å². The number of fused-ring (bicyclic) bond motifs is 1. The number of nitrogens with zero attached hydrogens (tertiary/aromatic N) is 1. The fraction of sp³-hybridized carbons (Fsp3) is 0.500. The smallest absolute Gasteiger partial charge is 0.259 e. The Labute approximate surface area is 126 Å². The highest BCUT2D eigenvalue weighted by molar-refractivity contribution is 7.18. The maximum Gasteiger partial charge on any atom is 0.259 e. The quantitative estimate of drug-likeness (QED) is 0.776. The highest BCUT2D eigenvalue weighted by atomic mass is 32.1. The van der Waals surface area contributed by atoms with Crippen LogP contribution in [0.4, 0.5) is 0 Å². The van der Waals surface area contributed by atoms with E-state index in [9.17, 15) is 9.59 Å². The van der Waals surface area contributed by atoms with Gasteiger partial charge in [-0.05, 0) is 33.3 Å². The number of primary amides is 1. The molecule has 0 radical (unpaired) electrons. The van der Waals surface area contributed by atoms with Crippen molar-refractivity contribution in [2.24, 2.45) is 5.73 Å². The Morgan fingerprint density at radius 2 is 2.10 bits per heavy atom. The third kappa shape index (κ3) is 3.48. The molecule has 0 fully saturated rings. The summed E-state index contributed by atoms with van der Waals surface area (Å²) in [4.78, 5) is 32.3. The lowest BCUT2D eigenvalue weighted by molar-refractivity contribution is -0.119. The number of nitrogens with two attached hydrogens (primary N) is 1. The molecule has 0 bridgehead atoms. The molecule has 0 aromatic carbocycles. The lowest BCUT2D eigenvalue weighted by Crippen LogP contribution is -2.42. The molecule has 0 aliphatic rings. The normalized spacial score (nSPS) is 12.0. The van der Waals surface area contributed by atoms with Gasteiger partial charge in [-0.1, -0.05) is 0 Å². The standard InChI is InChI=1S/C14H20N4O2S/c1-7-8(2)21-13-11(7)12(20)17-10(18-13)6-16-14(3,4)5-9(15)19/h16H,5-6H2,1-4H3,(H2,15,19)(H,17,18,20). The summed E-state index contributed by atoms with van der Waals surface area (Å²) in [6, 6.07) is 0. The first-order valence-corrected chi connectivity index (χ1v) is 7.53. The summed E-state index contributed by atoms with van der Waals surface area (Å²) in [5.74, 6) is 0.195. The average molecular weight is 308 g/mol. The molecule has 7 heteroatoms. The molecule has 0 aliphatic heterocycles. The minimum absolute atomic E-state index is 0.119. The number of hydrogen-bond donors (Lipinski definition) is 3. The van der Waals surface area contributed by atoms with Crippen molar-refractivity contribution in [3.8, 4) is 0 Å². The zero-order valence-electron chi connectivity index (χ0n) is 12.7. The van der Waals surface area contributed by atoms with Gasteiger partial charge in [0.15, 0.2) is 0 Å². The molecule has 2 heterocycles. The zero-order valence-corrected chi connectivity index (χ0v) is 13.5. The second kappa shape index (κ2) is 5.57. The minimum atomic E-state index is -0.444. The number of hydrogen-bond acceptors (Lipinski definition) is 5. The summed E-state index contributed by atoms with van der Waals surface area (Å²) < 4.78 is 0. The highest BCUT2D eigenvalue weighted by Crippen LogP contribution is 2.25. The van der Waals surface area contributed by atoms with Gasteiger partial charge < -0.3 is 16.0 Å². The molecule has 2 aromatic heterocycles. The monoisotopic (exact) mass is 308 g/mol. The summed E-state index contributed by atoms with van der Waals surface area (Å²) in [6.07, 6.45) is 0.219. The second-order valence-electron chi connectivity index (χ2n) is 5.86. The number of amides is 1. The number of nitrogens with one attached hydrogen (secondary N) is 2. The predicted molar refractivity (Wildman–Crippen MR) is 84.4 cm³/mol. The van der Waals surface area contributed by atoms with Crippen molar-refractivity contribution in [3.63, 3.8) is 0 Å². The Kier molecular flexibility index (Phi) is 4.15. The SMILES string of the molecule is Cc1sc2nc(CNC(C)(C)CC(N)=O)[nH]c(=O)c2c1C. The van der Waals surface area contributed by atoms with Crippen LogP contribution in [0.5, 0.6) is 0 Å². The van der Waals surface area contributed by atoms with Gasteiger partial charge in [0.25, 0.3) is 5.56 Å². The fourth-order valence-corrected chi connectivity index (χ4v) is 3.25. The molecule has 0 unspecified atom stereocenters. The van der Waals surface area contributed by atoms with Crippen molar-refractivity contribution in [2.45, 2.75) is 46.2 Å². The molecule has 2 rings (SSSR count). The van der Waals surface area contributed by atoms with E-state index in [1.807, 2.05) is 27.7 Å². The van der Waals surface area contributed by atoms with Crippen molar-refractivity contribution >= 4 is 27.5 Å². The largest absolute Gasteiger partial charge is 0.370 e. The van der Waals surface area contributed by atoms with Gasteiger partial charge in [0.2, 0.25) is 5.91 Å². The van der Waals surface area contributed by atoms with E-state index in [1.165, 1.54) is 11.3 Å². The predicted octanol–water partition coefficient (Wildman–Crippen LogP) is 1.35. The van der Waals surface area contributed by atoms with Gasteiger partial charge >= 0.3 is 0 Å². The van der Waals surface area contributed by atoms with Crippen molar-refractivity contribution in [3.05, 3.63) is 26.6 Å². The van der Waals surface area contributed by atoms with E-state index in [4.69, 9.17) is 5.73 Å². The second-order valence-corrected chi connectivity index (χ2v) is 7.06. The van der Waals surface area contributed by atoms with Crippen LogP contribution in [0.2, 0.25) is 0 Å². The van der Waals surface area contributed by atoms with E-state index in [0.717, 1.165) is 15.3 Å². The first-order valence-electron chi connectivity index (χ1n) is 6.72. The molecule has 4 N–H and O–H groups in total. The summed E-state index contributed by atoms with van der Waals surface area (Å²) in [5, 5.41) is 3.86. The van der Waals surface area contributed by atoms with Gasteiger partial charge in [-0.25, -0.2) is 4.98 Å². The molecule has 0 saturated carbocycles. The first-order chi connectivity index (χ1) is 9.69. The van der Waals surface area contributed by atoms with Gasteiger partial charge in [0.05, 0.1) is 11.9 Å². The zero-order chi connectivity index (χ0) is 15.8. The third-order valence-electron chi connectivity index (χ3n) is 3.44. The van der Waals surface area contributed by atoms with Crippen molar-refractivity contribution in [1.82, 2.24) is 15.3 Å². The Bertz CT molecular complexity index is 745. The molecule has 1 amide bonds. The van der Waals surface area contributed by atoms with Crippen LogP contribution in [0.1, 0.15) is 36.5 Å². The molecular formula is C14H20N4O2S. The van der Waals surface area contributed by atoms with Crippen molar-refractivity contribution in [1.29, 1.82) is 0 Å². The van der Waals surface area contributed by atoms with Crippen LogP contribution in [0, 0.1) is 13.8 Å². The van der Waals surface area contributed by atoms with Gasteiger partial charge in [-0.2, -0.15) is 0 Å². The van der Waals surface area contributed by atoms with Crippen molar-refractivity contribution < 1.29 is 4.79 Å². The number of aryl methyl sites for hydroxylation is 2. The average Bonchev–Trinajstić information content (AvgIpc) is 2.61. The lowest BCUT2D eigenvalue weighted by Gasteiger charge is -2.24. The van der Waals surface area contributed by atoms with Gasteiger partial charge in [0, 0.05) is 16.8 Å². The maximum atomic E-state index is 12.1. The Balaban J connectivity index is 2.24. The number of aromatic nitrogens is 2. The molecule has 21 heavy (non-hydrogen) atoms. The van der Waals surface area contributed by atoms with Crippen molar-refractivity contribution in [2.75, 3.05) is 0 Å². The van der Waals surface area contributed by atoms with Crippen LogP contribution in [0.25, 0.3) is 10.2 Å². The van der Waals surface area contributed by atoms with Crippen LogP contribution in [-0.2, 0) is 11.3 Å². The van der Waals surface area contributed by atoms with Crippen LogP contribution in [0.15, 0.2) is 4.79 Å². The highest BCUT2D eigenvalue weighted by Gasteiger charge is 2.20. The summed E-state index contributed by atoms with van der Waals surface area (Å²) >= 11 is 1.52. The molecule has 6 nitrogen and oxygen atoms in total. The van der Waals surface area contributed by atoms with Gasteiger partial charge in [-0.15, -0.1) is 11.3 Å².